The summed E-state index contributed by atoms with van der Waals surface area (Å²) >= 11 is 0. The van der Waals surface area contributed by atoms with Gasteiger partial charge in [-0.15, -0.1) is 0 Å². The molecule has 0 fully saturated rings. The average Bonchev–Trinajstić information content (AvgIpc) is 2.36. The largest absolute Gasteiger partial charge is 0.497 e. The lowest BCUT2D eigenvalue weighted by Crippen LogP contribution is -2.32. The van der Waals surface area contributed by atoms with Crippen molar-refractivity contribution in [1.29, 1.82) is 0 Å². The molecule has 0 spiro atoms. The first-order chi connectivity index (χ1) is 8.03. The molecular formula is C12H19NO3S. The summed E-state index contributed by atoms with van der Waals surface area (Å²) in [4.78, 5) is 0. The second-order valence-electron chi connectivity index (χ2n) is 3.83. The van der Waals surface area contributed by atoms with Crippen LogP contribution in [-0.2, 0) is 16.4 Å². The van der Waals surface area contributed by atoms with E-state index in [1.165, 1.54) is 7.05 Å². The molecule has 0 saturated heterocycles. The number of methoxy groups -OCH3 is 1. The van der Waals surface area contributed by atoms with E-state index in [1.54, 1.807) is 7.11 Å². The molecule has 0 aliphatic heterocycles. The Morgan fingerprint density at radius 3 is 2.29 bits per heavy atom. The smallest absolute Gasteiger partial charge is 0.214 e. The van der Waals surface area contributed by atoms with Gasteiger partial charge < -0.3 is 4.74 Å². The molecule has 1 unspecified atom stereocenters. The molecule has 0 radical (unpaired) electrons. The van der Waals surface area contributed by atoms with Crippen molar-refractivity contribution >= 4 is 10.0 Å². The van der Waals surface area contributed by atoms with Crippen molar-refractivity contribution in [3.63, 3.8) is 0 Å². The van der Waals surface area contributed by atoms with Gasteiger partial charge in [0, 0.05) is 0 Å². The summed E-state index contributed by atoms with van der Waals surface area (Å²) in [7, 11) is -0.149. The van der Waals surface area contributed by atoms with Crippen LogP contribution in [0.2, 0.25) is 0 Å². The third-order valence-electron chi connectivity index (χ3n) is 2.80. The third kappa shape index (κ3) is 3.71. The summed E-state index contributed by atoms with van der Waals surface area (Å²) in [5.41, 5.74) is 0.997. The Morgan fingerprint density at radius 1 is 1.29 bits per heavy atom. The maximum absolute atomic E-state index is 11.7. The fourth-order valence-electron chi connectivity index (χ4n) is 1.66. The molecule has 0 aromatic heterocycles. The number of nitrogens with one attached hydrogen (secondary N) is 1. The minimum absolute atomic E-state index is 0.388. The van der Waals surface area contributed by atoms with Gasteiger partial charge in [0.2, 0.25) is 10.0 Å². The summed E-state index contributed by atoms with van der Waals surface area (Å²) in [6, 6.07) is 7.47. The lowest BCUT2D eigenvalue weighted by atomic mass is 10.1. The van der Waals surface area contributed by atoms with Gasteiger partial charge in [0.25, 0.3) is 0 Å². The molecule has 1 atom stereocenters. The summed E-state index contributed by atoms with van der Waals surface area (Å²) in [6.45, 7) is 1.88. The molecule has 0 heterocycles. The second kappa shape index (κ2) is 6.02. The van der Waals surface area contributed by atoms with Crippen LogP contribution in [0, 0.1) is 0 Å². The van der Waals surface area contributed by atoms with Crippen molar-refractivity contribution in [2.75, 3.05) is 14.2 Å². The van der Waals surface area contributed by atoms with E-state index in [4.69, 9.17) is 4.74 Å². The van der Waals surface area contributed by atoms with E-state index in [0.717, 1.165) is 11.3 Å². The predicted molar refractivity (Wildman–Crippen MR) is 68.8 cm³/mol. The monoisotopic (exact) mass is 257 g/mol. The van der Waals surface area contributed by atoms with E-state index < -0.39 is 10.0 Å². The van der Waals surface area contributed by atoms with Crippen LogP contribution >= 0.6 is 0 Å². The zero-order chi connectivity index (χ0) is 12.9. The van der Waals surface area contributed by atoms with Gasteiger partial charge in [0.1, 0.15) is 5.75 Å². The van der Waals surface area contributed by atoms with Crippen LogP contribution < -0.4 is 9.46 Å². The zero-order valence-electron chi connectivity index (χ0n) is 10.4. The zero-order valence-corrected chi connectivity index (χ0v) is 11.3. The standard InChI is InChI=1S/C12H19NO3S/c1-4-12(17(14,15)13-2)9-10-5-7-11(16-3)8-6-10/h5-8,12-13H,4,9H2,1-3H3. The van der Waals surface area contributed by atoms with Crippen molar-refractivity contribution in [3.05, 3.63) is 29.8 Å². The molecule has 0 amide bonds. The molecular weight excluding hydrogens is 238 g/mol. The Labute approximate surface area is 103 Å². The molecule has 1 N–H and O–H groups in total. The summed E-state index contributed by atoms with van der Waals surface area (Å²) in [5, 5.41) is -0.388. The average molecular weight is 257 g/mol. The number of ether oxygens (including phenoxy) is 1. The highest BCUT2D eigenvalue weighted by atomic mass is 32.2. The topological polar surface area (TPSA) is 55.4 Å². The van der Waals surface area contributed by atoms with Crippen LogP contribution in [0.3, 0.4) is 0 Å². The fourth-order valence-corrected chi connectivity index (χ4v) is 2.85. The Bertz CT molecular complexity index is 439. The number of sulfonamides is 1. The first-order valence-electron chi connectivity index (χ1n) is 5.58. The van der Waals surface area contributed by atoms with Gasteiger partial charge in [-0.3, -0.25) is 0 Å². The van der Waals surface area contributed by atoms with Crippen molar-refractivity contribution in [2.45, 2.75) is 25.0 Å². The quantitative estimate of drug-likeness (QED) is 0.841. The first kappa shape index (κ1) is 14.0. The molecule has 4 nitrogen and oxygen atoms in total. The van der Waals surface area contributed by atoms with Gasteiger partial charge in [-0.05, 0) is 37.6 Å². The highest BCUT2D eigenvalue weighted by Crippen LogP contribution is 2.16. The minimum atomic E-state index is -3.21. The fraction of sp³-hybridized carbons (Fsp3) is 0.500. The molecule has 0 bridgehead atoms. The first-order valence-corrected chi connectivity index (χ1v) is 7.13. The Hall–Kier alpha value is -1.07. The van der Waals surface area contributed by atoms with Crippen molar-refractivity contribution in [2.24, 2.45) is 0 Å². The van der Waals surface area contributed by atoms with Gasteiger partial charge in [-0.2, -0.15) is 0 Å². The maximum Gasteiger partial charge on any atom is 0.214 e. The number of benzene rings is 1. The molecule has 0 saturated carbocycles. The Morgan fingerprint density at radius 2 is 1.88 bits per heavy atom. The molecule has 17 heavy (non-hydrogen) atoms. The highest BCUT2D eigenvalue weighted by Gasteiger charge is 2.21. The van der Waals surface area contributed by atoms with Crippen molar-refractivity contribution < 1.29 is 13.2 Å². The second-order valence-corrected chi connectivity index (χ2v) is 6.00. The maximum atomic E-state index is 11.7. The normalized spacial score (nSPS) is 13.4. The van der Waals surface area contributed by atoms with Crippen LogP contribution in [0.4, 0.5) is 0 Å². The van der Waals surface area contributed by atoms with E-state index >= 15 is 0 Å². The highest BCUT2D eigenvalue weighted by molar-refractivity contribution is 7.90. The Balaban J connectivity index is 2.81. The molecule has 96 valence electrons. The van der Waals surface area contributed by atoms with Crippen LogP contribution in [-0.4, -0.2) is 27.8 Å². The lowest BCUT2D eigenvalue weighted by molar-refractivity contribution is 0.414. The predicted octanol–water partition coefficient (Wildman–Crippen LogP) is 1.57. The SMILES string of the molecule is CCC(Cc1ccc(OC)cc1)S(=O)(=O)NC. The van der Waals surface area contributed by atoms with E-state index in [1.807, 2.05) is 31.2 Å². The molecule has 1 aromatic rings. The van der Waals surface area contributed by atoms with Crippen LogP contribution in [0.15, 0.2) is 24.3 Å². The molecule has 1 aromatic carbocycles. The van der Waals surface area contributed by atoms with Gasteiger partial charge in [-0.1, -0.05) is 19.1 Å². The molecule has 1 rings (SSSR count). The van der Waals surface area contributed by atoms with Gasteiger partial charge in [0.05, 0.1) is 12.4 Å². The number of hydrogen-bond acceptors (Lipinski definition) is 3. The van der Waals surface area contributed by atoms with E-state index in [2.05, 4.69) is 4.72 Å². The molecule has 0 aliphatic rings. The van der Waals surface area contributed by atoms with E-state index in [-0.39, 0.29) is 5.25 Å². The van der Waals surface area contributed by atoms with E-state index in [0.29, 0.717) is 12.8 Å². The number of rotatable bonds is 6. The van der Waals surface area contributed by atoms with Crippen LogP contribution in [0.1, 0.15) is 18.9 Å². The Kier molecular flexibility index (Phi) is 4.96. The van der Waals surface area contributed by atoms with Crippen LogP contribution in [0.5, 0.6) is 5.75 Å². The van der Waals surface area contributed by atoms with Crippen molar-refractivity contribution in [1.82, 2.24) is 4.72 Å². The summed E-state index contributed by atoms with van der Waals surface area (Å²) in [6.07, 6.45) is 1.11. The van der Waals surface area contributed by atoms with Gasteiger partial charge >= 0.3 is 0 Å². The van der Waals surface area contributed by atoms with E-state index in [9.17, 15) is 8.42 Å². The number of hydrogen-bond donors (Lipinski definition) is 1. The molecule has 5 heteroatoms. The third-order valence-corrected chi connectivity index (χ3v) is 4.75. The lowest BCUT2D eigenvalue weighted by Gasteiger charge is -2.15. The van der Waals surface area contributed by atoms with Gasteiger partial charge in [0.15, 0.2) is 0 Å². The van der Waals surface area contributed by atoms with Crippen molar-refractivity contribution in [3.8, 4) is 5.75 Å². The van der Waals surface area contributed by atoms with Crippen LogP contribution in [0.25, 0.3) is 0 Å². The minimum Gasteiger partial charge on any atom is -0.497 e. The van der Waals surface area contributed by atoms with Gasteiger partial charge in [-0.25, -0.2) is 13.1 Å². The summed E-state index contributed by atoms with van der Waals surface area (Å²) in [5.74, 6) is 0.776. The summed E-state index contributed by atoms with van der Waals surface area (Å²) < 4.78 is 30.9. The molecule has 0 aliphatic carbocycles.